The highest BCUT2D eigenvalue weighted by Crippen LogP contribution is 2.34. The molecule has 180 valence electrons. The predicted octanol–water partition coefficient (Wildman–Crippen LogP) is 3.76. The van der Waals surface area contributed by atoms with Crippen LogP contribution in [0.3, 0.4) is 0 Å². The second-order valence-corrected chi connectivity index (χ2v) is 11.6. The molecule has 0 N–H and O–H groups in total. The van der Waals surface area contributed by atoms with Crippen LogP contribution in [-0.4, -0.2) is 81.8 Å². The maximum atomic E-state index is 13.4. The molecule has 4 heterocycles. The van der Waals surface area contributed by atoms with Gasteiger partial charge in [-0.2, -0.15) is 0 Å². The fourth-order valence-corrected chi connectivity index (χ4v) is 6.08. The summed E-state index contributed by atoms with van der Waals surface area (Å²) in [6.07, 6.45) is 3.42. The number of rotatable bonds is 3. The quantitative estimate of drug-likeness (QED) is 0.682. The highest BCUT2D eigenvalue weighted by atomic mass is 32.1. The summed E-state index contributed by atoms with van der Waals surface area (Å²) in [6, 6.07) is 0.343. The maximum absolute atomic E-state index is 13.4. The summed E-state index contributed by atoms with van der Waals surface area (Å²) in [6.45, 7) is 16.6. The Morgan fingerprint density at radius 3 is 2.36 bits per heavy atom. The molecule has 2 fully saturated rings. The molecule has 0 aliphatic carbocycles. The third-order valence-electron chi connectivity index (χ3n) is 6.98. The Kier molecular flexibility index (Phi) is 6.78. The van der Waals surface area contributed by atoms with Gasteiger partial charge < -0.3 is 9.80 Å². The van der Waals surface area contributed by atoms with Crippen LogP contribution in [0, 0.1) is 13.8 Å². The molecule has 0 bridgehead atoms. The number of piperidine rings is 1. The van der Waals surface area contributed by atoms with Gasteiger partial charge in [0.25, 0.3) is 5.91 Å². The number of hydrogen-bond donors (Lipinski definition) is 0. The van der Waals surface area contributed by atoms with Crippen molar-refractivity contribution in [2.24, 2.45) is 0 Å². The molecule has 2 aromatic rings. The third-order valence-corrected chi connectivity index (χ3v) is 8.15. The topological polar surface area (TPSA) is 69.6 Å². The van der Waals surface area contributed by atoms with Gasteiger partial charge in [-0.1, -0.05) is 20.8 Å². The Hall–Kier alpha value is -2.06. The number of fused-ring (bicyclic) bond motifs is 1. The van der Waals surface area contributed by atoms with Crippen LogP contribution in [0.5, 0.6) is 0 Å². The van der Waals surface area contributed by atoms with Crippen molar-refractivity contribution in [2.45, 2.75) is 72.3 Å². The standard InChI is InChI=1S/C25H37N5O2S/c1-16-9-7-8-10-30(16)19(31)15-28-11-13-29(14-12-28)23(32)21-17(2)20-18(3)26-24(25(4,5)6)27-22(20)33-21/h16H,7-15H2,1-6H3. The molecular formula is C25H37N5O2S. The summed E-state index contributed by atoms with van der Waals surface area (Å²) in [5.74, 6) is 1.11. The number of amides is 2. The van der Waals surface area contributed by atoms with E-state index in [0.717, 1.165) is 64.7 Å². The average molecular weight is 472 g/mol. The largest absolute Gasteiger partial charge is 0.339 e. The minimum absolute atomic E-state index is 0.0721. The zero-order chi connectivity index (χ0) is 23.9. The molecule has 0 spiro atoms. The van der Waals surface area contributed by atoms with E-state index in [0.29, 0.717) is 25.7 Å². The smallest absolute Gasteiger partial charge is 0.264 e. The van der Waals surface area contributed by atoms with Gasteiger partial charge in [-0.25, -0.2) is 9.97 Å². The summed E-state index contributed by atoms with van der Waals surface area (Å²) in [5.41, 5.74) is 1.78. The Balaban J connectivity index is 1.43. The number of thiophene rings is 1. The molecule has 2 aromatic heterocycles. The summed E-state index contributed by atoms with van der Waals surface area (Å²) >= 11 is 1.48. The second-order valence-electron chi connectivity index (χ2n) is 10.6. The van der Waals surface area contributed by atoms with Gasteiger partial charge in [-0.05, 0) is 45.6 Å². The summed E-state index contributed by atoms with van der Waals surface area (Å²) in [7, 11) is 0. The average Bonchev–Trinajstić information content (AvgIpc) is 3.10. The zero-order valence-corrected chi connectivity index (χ0v) is 21.7. The van der Waals surface area contributed by atoms with Gasteiger partial charge in [0.2, 0.25) is 5.91 Å². The molecule has 4 rings (SSSR count). The van der Waals surface area contributed by atoms with E-state index >= 15 is 0 Å². The summed E-state index contributed by atoms with van der Waals surface area (Å²) in [4.78, 5) is 43.5. The molecular weight excluding hydrogens is 434 g/mol. The summed E-state index contributed by atoms with van der Waals surface area (Å²) < 4.78 is 0. The molecule has 8 heteroatoms. The highest BCUT2D eigenvalue weighted by Gasteiger charge is 2.30. The Morgan fingerprint density at radius 2 is 1.73 bits per heavy atom. The number of hydrogen-bond acceptors (Lipinski definition) is 6. The van der Waals surface area contributed by atoms with Crippen molar-refractivity contribution in [1.82, 2.24) is 24.7 Å². The van der Waals surface area contributed by atoms with E-state index in [1.807, 2.05) is 23.6 Å². The van der Waals surface area contributed by atoms with Crippen LogP contribution in [0.2, 0.25) is 0 Å². The van der Waals surface area contributed by atoms with Crippen molar-refractivity contribution in [1.29, 1.82) is 0 Å². The molecule has 0 aromatic carbocycles. The predicted molar refractivity (Wildman–Crippen MR) is 133 cm³/mol. The first-order valence-corrected chi connectivity index (χ1v) is 13.0. The van der Waals surface area contributed by atoms with Crippen molar-refractivity contribution in [3.8, 4) is 0 Å². The number of carbonyl (C=O) groups excluding carboxylic acids is 2. The van der Waals surface area contributed by atoms with Crippen LogP contribution in [0.4, 0.5) is 0 Å². The monoisotopic (exact) mass is 471 g/mol. The lowest BCUT2D eigenvalue weighted by Gasteiger charge is -2.38. The second kappa shape index (κ2) is 9.29. The van der Waals surface area contributed by atoms with E-state index in [4.69, 9.17) is 9.97 Å². The van der Waals surface area contributed by atoms with Crippen LogP contribution in [0.15, 0.2) is 0 Å². The van der Waals surface area contributed by atoms with Gasteiger partial charge >= 0.3 is 0 Å². The molecule has 2 aliphatic rings. The first-order chi connectivity index (χ1) is 15.6. The maximum Gasteiger partial charge on any atom is 0.264 e. The van der Waals surface area contributed by atoms with Crippen LogP contribution < -0.4 is 0 Å². The molecule has 2 saturated heterocycles. The van der Waals surface area contributed by atoms with Gasteiger partial charge in [0.1, 0.15) is 10.7 Å². The molecule has 0 saturated carbocycles. The normalized spacial score (nSPS) is 20.5. The first-order valence-electron chi connectivity index (χ1n) is 12.2. The lowest BCUT2D eigenvalue weighted by molar-refractivity contribution is -0.136. The molecule has 2 amide bonds. The lowest BCUT2D eigenvalue weighted by Crippen LogP contribution is -2.53. The van der Waals surface area contributed by atoms with E-state index in [2.05, 4.69) is 32.6 Å². The molecule has 7 nitrogen and oxygen atoms in total. The van der Waals surface area contributed by atoms with E-state index in [1.54, 1.807) is 0 Å². The molecule has 1 atom stereocenters. The van der Waals surface area contributed by atoms with Gasteiger partial charge in [-0.15, -0.1) is 11.3 Å². The number of likely N-dealkylation sites (tertiary alicyclic amines) is 1. The first kappa shape index (κ1) is 24.1. The van der Waals surface area contributed by atoms with Gasteiger partial charge in [0.15, 0.2) is 0 Å². The van der Waals surface area contributed by atoms with Crippen molar-refractivity contribution >= 4 is 33.4 Å². The van der Waals surface area contributed by atoms with E-state index in [1.165, 1.54) is 17.8 Å². The summed E-state index contributed by atoms with van der Waals surface area (Å²) in [5, 5.41) is 1.01. The minimum Gasteiger partial charge on any atom is -0.339 e. The Labute approximate surface area is 201 Å². The van der Waals surface area contributed by atoms with E-state index in [9.17, 15) is 9.59 Å². The lowest BCUT2D eigenvalue weighted by atomic mass is 9.95. The number of aryl methyl sites for hydroxylation is 2. The van der Waals surface area contributed by atoms with E-state index in [-0.39, 0.29) is 17.2 Å². The van der Waals surface area contributed by atoms with Crippen molar-refractivity contribution in [3.63, 3.8) is 0 Å². The highest BCUT2D eigenvalue weighted by molar-refractivity contribution is 7.20. The van der Waals surface area contributed by atoms with Gasteiger partial charge in [0.05, 0.1) is 17.1 Å². The number of carbonyl (C=O) groups is 2. The van der Waals surface area contributed by atoms with Gasteiger partial charge in [-0.3, -0.25) is 14.5 Å². The van der Waals surface area contributed by atoms with Gasteiger partial charge in [0, 0.05) is 49.6 Å². The Morgan fingerprint density at radius 1 is 1.03 bits per heavy atom. The van der Waals surface area contributed by atoms with E-state index < -0.39 is 0 Å². The Bertz CT molecular complexity index is 1050. The SMILES string of the molecule is Cc1nc(C(C)(C)C)nc2sc(C(=O)N3CCN(CC(=O)N4CCCCC4C)CC3)c(C)c12. The number of aromatic nitrogens is 2. The van der Waals surface area contributed by atoms with Crippen molar-refractivity contribution in [3.05, 3.63) is 22.0 Å². The van der Waals surface area contributed by atoms with Crippen LogP contribution in [0.1, 0.15) is 73.7 Å². The molecule has 1 unspecified atom stereocenters. The molecule has 2 aliphatic heterocycles. The molecule has 0 radical (unpaired) electrons. The van der Waals surface area contributed by atoms with Crippen molar-refractivity contribution < 1.29 is 9.59 Å². The zero-order valence-electron chi connectivity index (χ0n) is 20.9. The van der Waals surface area contributed by atoms with Crippen LogP contribution in [-0.2, 0) is 10.2 Å². The third kappa shape index (κ3) is 4.92. The van der Waals surface area contributed by atoms with Crippen LogP contribution >= 0.6 is 11.3 Å². The molecule has 33 heavy (non-hydrogen) atoms. The number of nitrogens with zero attached hydrogens (tertiary/aromatic N) is 5. The number of piperazine rings is 1. The fraction of sp³-hybridized carbons (Fsp3) is 0.680. The van der Waals surface area contributed by atoms with Crippen molar-refractivity contribution in [2.75, 3.05) is 39.3 Å². The fourth-order valence-electron chi connectivity index (χ4n) is 4.88. The van der Waals surface area contributed by atoms with Crippen LogP contribution in [0.25, 0.3) is 10.2 Å². The minimum atomic E-state index is -0.138.